The molecule has 0 saturated heterocycles. The van der Waals surface area contributed by atoms with E-state index in [2.05, 4.69) is 12.3 Å². The summed E-state index contributed by atoms with van der Waals surface area (Å²) in [7, 11) is 0. The van der Waals surface area contributed by atoms with E-state index in [4.69, 9.17) is 5.11 Å². The molecule has 1 nitrogen and oxygen atoms in total. The molecule has 1 atom stereocenters. The number of aliphatic hydroxyl groups is 1. The van der Waals surface area contributed by atoms with Gasteiger partial charge in [0.1, 0.15) is 0 Å². The van der Waals surface area contributed by atoms with Crippen molar-refractivity contribution in [3.63, 3.8) is 0 Å². The minimum absolute atomic E-state index is 0.268. The van der Waals surface area contributed by atoms with Crippen LogP contribution in [-0.2, 0) is 0 Å². The van der Waals surface area contributed by atoms with Gasteiger partial charge in [-0.05, 0) is 12.0 Å². The van der Waals surface area contributed by atoms with Crippen LogP contribution in [0, 0.1) is 5.92 Å². The van der Waals surface area contributed by atoms with Crippen LogP contribution in [0.1, 0.15) is 13.8 Å². The van der Waals surface area contributed by atoms with Crippen LogP contribution in [0.15, 0.2) is 18.4 Å². The first-order chi connectivity index (χ1) is 3.68. The normalized spacial score (nSPS) is 13.0. The molecule has 0 aromatic heterocycles. The zero-order chi connectivity index (χ0) is 6.57. The number of rotatable bonds is 2. The average Bonchev–Trinajstić information content (AvgIpc) is 1.67. The Labute approximate surface area is 50.3 Å². The number of hydrogen-bond donors (Lipinski definition) is 1. The second kappa shape index (κ2) is 3.48. The summed E-state index contributed by atoms with van der Waals surface area (Å²) in [5, 5.41) is 8.97. The van der Waals surface area contributed by atoms with Crippen LogP contribution < -0.4 is 0 Å². The maximum atomic E-state index is 8.97. The van der Waals surface area contributed by atoms with E-state index >= 15 is 0 Å². The van der Waals surface area contributed by atoms with Gasteiger partial charge < -0.3 is 5.11 Å². The van der Waals surface area contributed by atoms with E-state index in [0.29, 0.717) is 0 Å². The second-order valence-electron chi connectivity index (χ2n) is 2.11. The van der Waals surface area contributed by atoms with Gasteiger partial charge in [0.2, 0.25) is 0 Å². The summed E-state index contributed by atoms with van der Waals surface area (Å²) in [6.45, 7) is 7.23. The maximum absolute atomic E-state index is 8.97. The molecule has 0 amide bonds. The monoisotopic (exact) mass is 112 g/mol. The molecule has 0 saturated carbocycles. The Hall–Kier alpha value is -0.520. The van der Waals surface area contributed by atoms with E-state index in [1.807, 2.05) is 13.8 Å². The molecule has 0 aliphatic rings. The maximum Gasteiger partial charge on any atom is 0.0817 e. The van der Waals surface area contributed by atoms with Crippen LogP contribution in [0.2, 0.25) is 0 Å². The van der Waals surface area contributed by atoms with Crippen LogP contribution in [0.25, 0.3) is 0 Å². The Morgan fingerprint density at radius 2 is 2.12 bits per heavy atom. The van der Waals surface area contributed by atoms with Crippen molar-refractivity contribution in [3.05, 3.63) is 18.4 Å². The van der Waals surface area contributed by atoms with Crippen molar-refractivity contribution in [2.75, 3.05) is 0 Å². The Bertz CT molecular complexity index is 99.0. The molecule has 0 aromatic rings. The van der Waals surface area contributed by atoms with Gasteiger partial charge in [0.15, 0.2) is 0 Å². The molecule has 1 N–H and O–H groups in total. The predicted molar refractivity (Wildman–Crippen MR) is 34.6 cm³/mol. The van der Waals surface area contributed by atoms with Crippen molar-refractivity contribution < 1.29 is 5.11 Å². The van der Waals surface area contributed by atoms with E-state index < -0.39 is 0 Å². The summed E-state index contributed by atoms with van der Waals surface area (Å²) < 4.78 is 0. The van der Waals surface area contributed by atoms with Gasteiger partial charge in [-0.1, -0.05) is 20.4 Å². The Morgan fingerprint density at radius 1 is 1.62 bits per heavy atom. The molecule has 0 aliphatic carbocycles. The zero-order valence-corrected chi connectivity index (χ0v) is 5.39. The highest BCUT2D eigenvalue weighted by Gasteiger charge is 2.01. The van der Waals surface area contributed by atoms with Gasteiger partial charge >= 0.3 is 0 Å². The summed E-state index contributed by atoms with van der Waals surface area (Å²) in [4.78, 5) is 0. The predicted octanol–water partition coefficient (Wildman–Crippen LogP) is 1.34. The first-order valence-electron chi connectivity index (χ1n) is 2.72. The van der Waals surface area contributed by atoms with E-state index in [1.165, 1.54) is 0 Å². The van der Waals surface area contributed by atoms with E-state index in [0.717, 1.165) is 0 Å². The molecule has 0 aliphatic heterocycles. The van der Waals surface area contributed by atoms with Gasteiger partial charge in [-0.2, -0.15) is 0 Å². The molecule has 0 heterocycles. The van der Waals surface area contributed by atoms with Gasteiger partial charge in [0, 0.05) is 0 Å². The summed E-state index contributed by atoms with van der Waals surface area (Å²) in [6, 6.07) is 0. The topological polar surface area (TPSA) is 20.2 Å². The van der Waals surface area contributed by atoms with Crippen LogP contribution in [0.3, 0.4) is 0 Å². The summed E-state index contributed by atoms with van der Waals surface area (Å²) in [6.07, 6.45) is 1.18. The molecule has 1 heteroatoms. The largest absolute Gasteiger partial charge is 0.388 e. The summed E-state index contributed by atoms with van der Waals surface area (Å²) >= 11 is 0. The van der Waals surface area contributed by atoms with Gasteiger partial charge in [0.05, 0.1) is 6.10 Å². The Morgan fingerprint density at radius 3 is 2.25 bits per heavy atom. The third-order valence-corrected chi connectivity index (χ3v) is 0.972. The molecular weight excluding hydrogens is 100 g/mol. The summed E-state index contributed by atoms with van der Waals surface area (Å²) in [5.41, 5.74) is 2.52. The molecule has 0 unspecified atom stereocenters. The molecular formula is C7H12O. The Balaban J connectivity index is 3.63. The average molecular weight is 112 g/mol. The van der Waals surface area contributed by atoms with Crippen LogP contribution in [0.4, 0.5) is 0 Å². The molecule has 46 valence electrons. The van der Waals surface area contributed by atoms with Crippen molar-refractivity contribution in [2.45, 2.75) is 20.0 Å². The van der Waals surface area contributed by atoms with E-state index in [-0.39, 0.29) is 12.0 Å². The van der Waals surface area contributed by atoms with Crippen LogP contribution >= 0.6 is 0 Å². The van der Waals surface area contributed by atoms with Crippen molar-refractivity contribution in [1.29, 1.82) is 0 Å². The van der Waals surface area contributed by atoms with Crippen molar-refractivity contribution in [3.8, 4) is 0 Å². The van der Waals surface area contributed by atoms with E-state index in [1.54, 1.807) is 6.08 Å². The van der Waals surface area contributed by atoms with Gasteiger partial charge in [-0.15, -0.1) is 5.73 Å². The molecule has 0 spiro atoms. The molecule has 0 bridgehead atoms. The van der Waals surface area contributed by atoms with Crippen LogP contribution in [-0.4, -0.2) is 11.2 Å². The first-order valence-corrected chi connectivity index (χ1v) is 2.72. The van der Waals surface area contributed by atoms with E-state index in [9.17, 15) is 0 Å². The lowest BCUT2D eigenvalue weighted by Gasteiger charge is -2.05. The van der Waals surface area contributed by atoms with Crippen molar-refractivity contribution in [1.82, 2.24) is 0 Å². The molecule has 0 rings (SSSR count). The fourth-order valence-electron chi connectivity index (χ4n) is 0.313. The molecule has 0 fully saturated rings. The number of hydrogen-bond acceptors (Lipinski definition) is 1. The molecule has 0 radical (unpaired) electrons. The van der Waals surface area contributed by atoms with Gasteiger partial charge in [-0.3, -0.25) is 0 Å². The summed E-state index contributed by atoms with van der Waals surface area (Å²) in [5.74, 6) is 0.268. The fraction of sp³-hybridized carbons (Fsp3) is 0.571. The molecule has 0 aromatic carbocycles. The zero-order valence-electron chi connectivity index (χ0n) is 5.39. The standard InChI is InChI=1S/C7H12O/c1-4-5-7(8)6(2)3/h5-8H,1H2,2-3H3/t7-/m0/s1. The van der Waals surface area contributed by atoms with Crippen LogP contribution in [0.5, 0.6) is 0 Å². The Kier molecular flexibility index (Phi) is 3.25. The third-order valence-electron chi connectivity index (χ3n) is 0.972. The lowest BCUT2D eigenvalue weighted by Crippen LogP contribution is -2.09. The highest BCUT2D eigenvalue weighted by molar-refractivity contribution is 4.85. The quantitative estimate of drug-likeness (QED) is 0.534. The third kappa shape index (κ3) is 2.62. The van der Waals surface area contributed by atoms with Crippen molar-refractivity contribution >= 4 is 0 Å². The minimum Gasteiger partial charge on any atom is -0.388 e. The highest BCUT2D eigenvalue weighted by Crippen LogP contribution is 2.00. The SMILES string of the molecule is C=C=C[C@H](O)C(C)C. The minimum atomic E-state index is -0.382. The van der Waals surface area contributed by atoms with Gasteiger partial charge in [-0.25, -0.2) is 0 Å². The first kappa shape index (κ1) is 7.48. The fourth-order valence-corrected chi connectivity index (χ4v) is 0.313. The number of aliphatic hydroxyl groups excluding tert-OH is 1. The molecule has 8 heavy (non-hydrogen) atoms. The van der Waals surface area contributed by atoms with Gasteiger partial charge in [0.25, 0.3) is 0 Å². The highest BCUT2D eigenvalue weighted by atomic mass is 16.3. The smallest absolute Gasteiger partial charge is 0.0817 e. The lowest BCUT2D eigenvalue weighted by atomic mass is 10.1. The van der Waals surface area contributed by atoms with Crippen molar-refractivity contribution in [2.24, 2.45) is 5.92 Å². The lowest BCUT2D eigenvalue weighted by molar-refractivity contribution is 0.172. The second-order valence-corrected chi connectivity index (χ2v) is 2.11.